The summed E-state index contributed by atoms with van der Waals surface area (Å²) >= 11 is 0. The molecule has 5 aromatic rings. The predicted molar refractivity (Wildman–Crippen MR) is 269 cm³/mol. The second-order valence-corrected chi connectivity index (χ2v) is 19.6. The van der Waals surface area contributed by atoms with Crippen molar-refractivity contribution in [3.05, 3.63) is 66.0 Å². The third kappa shape index (κ3) is 10.3. The van der Waals surface area contributed by atoms with Gasteiger partial charge in [-0.25, -0.2) is 0 Å². The molecule has 5 N–H and O–H groups in total. The average Bonchev–Trinajstić information content (AvgIpc) is 3.51. The van der Waals surface area contributed by atoms with Gasteiger partial charge in [0.1, 0.15) is 17.3 Å². The van der Waals surface area contributed by atoms with E-state index >= 15 is 0 Å². The molecule has 14 heteroatoms. The molecule has 0 saturated heterocycles. The smallest absolute Gasteiger partial charge is 0.223 e. The number of phenols is 1. The normalized spacial score (nSPS) is 19.5. The fourth-order valence-corrected chi connectivity index (χ4v) is 11.8. The number of ketones is 1. The molecule has 2 fully saturated rings. The lowest BCUT2D eigenvalue weighted by Gasteiger charge is -2.29. The highest BCUT2D eigenvalue weighted by Crippen LogP contribution is 2.54. The van der Waals surface area contributed by atoms with Crippen molar-refractivity contribution in [3.8, 4) is 11.5 Å². The first kappa shape index (κ1) is 50.4. The summed E-state index contributed by atoms with van der Waals surface area (Å²) in [6, 6.07) is 2.83. The first-order valence-corrected chi connectivity index (χ1v) is 25.1. The monoisotopic (exact) mass is 950 g/mol. The number of benzene rings is 5. The van der Waals surface area contributed by atoms with Crippen molar-refractivity contribution in [3.63, 3.8) is 0 Å². The highest BCUT2D eigenvalue weighted by atomic mass is 16.5. The SMILES string of the molecule is COCCOCCCC(=O)C1CCC(CNc2c(OC)c3c4c5c(c(CCC6CCC(C(=O)NCCOCCOC)CC6)c(O)c6c(=O)cc(CO)c(c7c(CO)cc(=O)c2c74)c65)C=C(C)C3)CC1. The summed E-state index contributed by atoms with van der Waals surface area (Å²) in [4.78, 5) is 55.1. The molecule has 14 nitrogen and oxygen atoms in total. The quantitative estimate of drug-likeness (QED) is 0.0235. The minimum atomic E-state index is -0.474. The number of carbonyl (C=O) groups is 2. The van der Waals surface area contributed by atoms with Crippen LogP contribution in [0.5, 0.6) is 11.5 Å². The molecule has 0 radical (unpaired) electrons. The van der Waals surface area contributed by atoms with E-state index in [0.717, 1.165) is 85.3 Å². The Hall–Kier alpha value is -4.96. The molecule has 0 atom stereocenters. The highest BCUT2D eigenvalue weighted by molar-refractivity contribution is 6.38. The van der Waals surface area contributed by atoms with Gasteiger partial charge in [0, 0.05) is 74.1 Å². The number of fused-ring (bicyclic) bond motifs is 1. The summed E-state index contributed by atoms with van der Waals surface area (Å²) in [5, 5.41) is 45.3. The number of aromatic hydroxyl groups is 1. The number of allylic oxidation sites excluding steroid dienone is 1. The van der Waals surface area contributed by atoms with Crippen LogP contribution in [0.4, 0.5) is 5.69 Å². The Morgan fingerprint density at radius 2 is 1.30 bits per heavy atom. The fraction of sp³-hybridized carbons (Fsp3) is 0.564. The lowest BCUT2D eigenvalue weighted by Crippen LogP contribution is -2.35. The maximum Gasteiger partial charge on any atom is 0.223 e. The van der Waals surface area contributed by atoms with Crippen LogP contribution in [0, 0.1) is 23.7 Å². The molecule has 3 aliphatic rings. The molecule has 1 amide bonds. The van der Waals surface area contributed by atoms with E-state index in [2.05, 4.69) is 16.7 Å². The van der Waals surface area contributed by atoms with E-state index in [1.165, 1.54) is 12.1 Å². The van der Waals surface area contributed by atoms with Gasteiger partial charge in [-0.1, -0.05) is 11.6 Å². The summed E-state index contributed by atoms with van der Waals surface area (Å²) in [7, 11) is 4.86. The number of anilines is 1. The molecule has 0 bridgehead atoms. The van der Waals surface area contributed by atoms with Crippen molar-refractivity contribution in [2.24, 2.45) is 23.7 Å². The lowest BCUT2D eigenvalue weighted by atomic mass is 9.77. The third-order valence-electron chi connectivity index (χ3n) is 15.3. The number of hydrogen-bond acceptors (Lipinski definition) is 13. The largest absolute Gasteiger partial charge is 0.507 e. The lowest BCUT2D eigenvalue weighted by molar-refractivity contribution is -0.126. The summed E-state index contributed by atoms with van der Waals surface area (Å²) in [5.41, 5.74) is 3.83. The zero-order chi connectivity index (χ0) is 48.8. The van der Waals surface area contributed by atoms with Gasteiger partial charge in [0.15, 0.2) is 10.9 Å². The van der Waals surface area contributed by atoms with Crippen LogP contribution in [0.1, 0.15) is 105 Å². The number of aliphatic hydroxyl groups excluding tert-OH is 2. The number of hydrogen-bond donors (Lipinski definition) is 5. The van der Waals surface area contributed by atoms with E-state index in [9.17, 15) is 34.5 Å². The van der Waals surface area contributed by atoms with Crippen LogP contribution < -0.4 is 26.2 Å². The predicted octanol–water partition coefficient (Wildman–Crippen LogP) is 7.30. The van der Waals surface area contributed by atoms with Crippen LogP contribution in [0.15, 0.2) is 27.3 Å². The summed E-state index contributed by atoms with van der Waals surface area (Å²) in [6.45, 7) is 5.11. The first-order chi connectivity index (χ1) is 33.5. The average molecular weight is 951 g/mol. The first-order valence-electron chi connectivity index (χ1n) is 25.1. The van der Waals surface area contributed by atoms with Crippen molar-refractivity contribution in [1.82, 2.24) is 5.32 Å². The van der Waals surface area contributed by atoms with Crippen LogP contribution in [-0.2, 0) is 54.6 Å². The van der Waals surface area contributed by atoms with E-state index in [-0.39, 0.29) is 46.0 Å². The number of nitrogens with one attached hydrogen (secondary N) is 2. The van der Waals surface area contributed by atoms with Gasteiger partial charge in [0.25, 0.3) is 0 Å². The third-order valence-corrected chi connectivity index (χ3v) is 15.3. The van der Waals surface area contributed by atoms with Gasteiger partial charge in [-0.3, -0.25) is 19.2 Å². The summed E-state index contributed by atoms with van der Waals surface area (Å²) < 4.78 is 27.5. The van der Waals surface area contributed by atoms with Gasteiger partial charge >= 0.3 is 0 Å². The number of ether oxygens (including phenoxy) is 5. The molecule has 372 valence electrons. The van der Waals surface area contributed by atoms with Crippen LogP contribution in [-0.4, -0.2) is 101 Å². The van der Waals surface area contributed by atoms with E-state index < -0.39 is 18.6 Å². The van der Waals surface area contributed by atoms with Gasteiger partial charge in [-0.2, -0.15) is 0 Å². The van der Waals surface area contributed by atoms with Crippen molar-refractivity contribution in [2.45, 2.75) is 104 Å². The molecule has 0 unspecified atom stereocenters. The van der Waals surface area contributed by atoms with Crippen LogP contribution in [0.3, 0.4) is 0 Å². The maximum atomic E-state index is 14.7. The molecule has 5 aromatic carbocycles. The van der Waals surface area contributed by atoms with Crippen LogP contribution >= 0.6 is 0 Å². The summed E-state index contributed by atoms with van der Waals surface area (Å²) in [6.07, 6.45) is 11.5. The Morgan fingerprint density at radius 3 is 1.94 bits per heavy atom. The molecule has 0 aromatic heterocycles. The minimum Gasteiger partial charge on any atom is -0.507 e. The molecule has 0 heterocycles. The number of Topliss-reactive ketones (excluding diaryl/α,β-unsaturated/α-hetero) is 1. The standard InChI is InChI=1S/C55H70N2O12/c1-31-24-39-38(16-11-32-7-14-35(15-8-32)55(64)56-17-19-69-23-21-66-3)53(63)49-43(62)27-37(30-59)45-44-36(29-58)26-42(61)48-50(44)47(46(39)51(45)49)40(25-31)54(67-4)52(48)57-28-33-9-12-34(13-10-33)41(60)6-5-18-68-22-20-65-2/h24,26-27,32-35,57-59,63H,5-23,25,28-30H2,1-4H3,(H,56,64). The number of rotatable bonds is 24. The molecule has 3 aliphatic carbocycles. The highest BCUT2D eigenvalue weighted by Gasteiger charge is 2.34. The Morgan fingerprint density at radius 1 is 0.696 bits per heavy atom. The minimum absolute atomic E-state index is 0.0242. The Balaban J connectivity index is 1.14. The van der Waals surface area contributed by atoms with Crippen molar-refractivity contribution in [2.75, 3.05) is 79.4 Å². The molecule has 2 saturated carbocycles. The number of phenolic OH excluding ortho intramolecular Hbond substituents is 1. The van der Waals surface area contributed by atoms with Gasteiger partial charge in [-0.15, -0.1) is 0 Å². The van der Waals surface area contributed by atoms with Gasteiger partial charge < -0.3 is 49.6 Å². The Bertz CT molecular complexity index is 2790. The molecule has 0 spiro atoms. The van der Waals surface area contributed by atoms with E-state index in [0.29, 0.717) is 139 Å². The van der Waals surface area contributed by atoms with Gasteiger partial charge in [-0.05, 0) is 146 Å². The molecular formula is C55H70N2O12. The number of aliphatic hydroxyl groups is 2. The Kier molecular flexibility index (Phi) is 16.7. The zero-order valence-corrected chi connectivity index (χ0v) is 40.8. The topological polar surface area (TPSA) is 199 Å². The molecule has 69 heavy (non-hydrogen) atoms. The number of carbonyl (C=O) groups excluding carboxylic acids is 2. The second-order valence-electron chi connectivity index (χ2n) is 19.6. The summed E-state index contributed by atoms with van der Waals surface area (Å²) in [5.74, 6) is 1.27. The van der Waals surface area contributed by atoms with Crippen molar-refractivity contribution < 1.29 is 48.6 Å². The van der Waals surface area contributed by atoms with E-state index in [1.54, 1.807) is 21.3 Å². The number of amides is 1. The molecule has 8 rings (SSSR count). The van der Waals surface area contributed by atoms with Crippen LogP contribution in [0.2, 0.25) is 0 Å². The van der Waals surface area contributed by atoms with E-state index in [4.69, 9.17) is 23.7 Å². The fourth-order valence-electron chi connectivity index (χ4n) is 11.8. The van der Waals surface area contributed by atoms with Gasteiger partial charge in [0.05, 0.1) is 69.8 Å². The van der Waals surface area contributed by atoms with Gasteiger partial charge in [0.2, 0.25) is 5.91 Å². The van der Waals surface area contributed by atoms with E-state index in [1.807, 2.05) is 6.92 Å². The molecule has 0 aliphatic heterocycles. The van der Waals surface area contributed by atoms with Crippen molar-refractivity contribution >= 4 is 66.5 Å². The number of methoxy groups -OCH3 is 3. The second kappa shape index (κ2) is 22.9. The molecular weight excluding hydrogens is 881 g/mol. The van der Waals surface area contributed by atoms with Crippen LogP contribution in [0.25, 0.3) is 49.2 Å². The maximum absolute atomic E-state index is 14.7. The zero-order valence-electron chi connectivity index (χ0n) is 40.8. The van der Waals surface area contributed by atoms with Crippen molar-refractivity contribution in [1.29, 1.82) is 0 Å². The Labute approximate surface area is 403 Å².